The average molecular weight is 285 g/mol. The fourth-order valence-electron chi connectivity index (χ4n) is 3.48. The van der Waals surface area contributed by atoms with E-state index in [4.69, 9.17) is 6.57 Å². The molecular weight excluding hydrogens is 272 g/mol. The number of nitrogens with zero attached hydrogens (tertiary/aromatic N) is 4. The normalized spacial score (nSPS) is 11.8. The lowest BCUT2D eigenvalue weighted by Crippen LogP contribution is -2.36. The van der Waals surface area contributed by atoms with Crippen LogP contribution in [0.1, 0.15) is 22.3 Å². The number of benzene rings is 2. The molecule has 0 spiro atoms. The van der Waals surface area contributed by atoms with E-state index in [1.807, 2.05) is 6.20 Å². The molecule has 1 aromatic heterocycles. The van der Waals surface area contributed by atoms with Crippen molar-refractivity contribution < 1.29 is 4.68 Å². The maximum absolute atomic E-state index is 9.33. The van der Waals surface area contributed by atoms with E-state index in [1.54, 1.807) is 12.1 Å². The van der Waals surface area contributed by atoms with Crippen LogP contribution in [0.3, 0.4) is 0 Å². The molecule has 1 aliphatic heterocycles. The van der Waals surface area contributed by atoms with Crippen LogP contribution in [0.5, 0.6) is 0 Å². The number of hydrogen-bond donors (Lipinski definition) is 0. The topological polar surface area (TPSA) is 37.0 Å². The van der Waals surface area contributed by atoms with E-state index < -0.39 is 0 Å². The molecule has 4 nitrogen and oxygen atoms in total. The largest absolute Gasteiger partial charge is 0.236 e. The van der Waals surface area contributed by atoms with Crippen LogP contribution in [0, 0.1) is 31.8 Å². The van der Waals surface area contributed by atoms with Crippen LogP contribution in [0.4, 0.5) is 5.69 Å². The Hall–Kier alpha value is -3.11. The number of aryl methyl sites for hydroxylation is 2. The molecule has 22 heavy (non-hydrogen) atoms. The zero-order valence-corrected chi connectivity index (χ0v) is 12.4. The van der Waals surface area contributed by atoms with Crippen LogP contribution in [-0.4, -0.2) is 4.68 Å². The summed E-state index contributed by atoms with van der Waals surface area (Å²) in [5.41, 5.74) is 6.87. The van der Waals surface area contributed by atoms with Gasteiger partial charge in [-0.15, -0.1) is 9.36 Å². The number of aromatic nitrogens is 2. The summed E-state index contributed by atoms with van der Waals surface area (Å²) in [5, 5.41) is 10.2. The fraction of sp³-hybridized carbons (Fsp3) is 0.167. The summed E-state index contributed by atoms with van der Waals surface area (Å²) in [6.45, 7) is 12.4. The predicted molar refractivity (Wildman–Crippen MR) is 83.0 cm³/mol. The van der Waals surface area contributed by atoms with Crippen LogP contribution < -0.4 is 4.68 Å². The molecule has 0 saturated carbocycles. The molecule has 4 rings (SSSR count). The molecule has 2 aromatic carbocycles. The summed E-state index contributed by atoms with van der Waals surface area (Å²) in [5.74, 6) is 0. The van der Waals surface area contributed by atoms with Gasteiger partial charge < -0.3 is 0 Å². The van der Waals surface area contributed by atoms with Gasteiger partial charge in [-0.05, 0) is 25.5 Å². The van der Waals surface area contributed by atoms with Crippen molar-refractivity contribution in [2.45, 2.75) is 20.4 Å². The molecule has 104 valence electrons. The van der Waals surface area contributed by atoms with Gasteiger partial charge in [0.25, 0.3) is 0 Å². The molecule has 0 aliphatic carbocycles. The third-order valence-corrected chi connectivity index (χ3v) is 4.25. The van der Waals surface area contributed by atoms with E-state index >= 15 is 0 Å². The lowest BCUT2D eigenvalue weighted by Gasteiger charge is -2.05. The highest BCUT2D eigenvalue weighted by Crippen LogP contribution is 2.34. The van der Waals surface area contributed by atoms with E-state index in [0.29, 0.717) is 11.3 Å². The Morgan fingerprint density at radius 1 is 1.32 bits per heavy atom. The number of nitriles is 1. The van der Waals surface area contributed by atoms with Gasteiger partial charge in [0.15, 0.2) is 6.54 Å². The summed E-state index contributed by atoms with van der Waals surface area (Å²) in [7, 11) is 0. The zero-order chi connectivity index (χ0) is 15.4. The molecule has 0 atom stereocenters. The van der Waals surface area contributed by atoms with E-state index in [0.717, 1.165) is 23.1 Å². The lowest BCUT2D eigenvalue weighted by atomic mass is 10.0. The first-order valence-corrected chi connectivity index (χ1v) is 7.10. The van der Waals surface area contributed by atoms with E-state index in [9.17, 15) is 5.26 Å². The highest BCUT2D eigenvalue weighted by Gasteiger charge is 2.31. The summed E-state index contributed by atoms with van der Waals surface area (Å²) in [6, 6.07) is 10.1. The first-order valence-electron chi connectivity index (χ1n) is 7.10. The lowest BCUT2D eigenvalue weighted by molar-refractivity contribution is -0.749. The van der Waals surface area contributed by atoms with Gasteiger partial charge in [-0.3, -0.25) is 0 Å². The molecule has 0 N–H and O–H groups in total. The second-order valence-corrected chi connectivity index (χ2v) is 5.75. The summed E-state index contributed by atoms with van der Waals surface area (Å²) >= 11 is 0. The van der Waals surface area contributed by atoms with Crippen molar-refractivity contribution in [2.24, 2.45) is 0 Å². The molecule has 0 bridgehead atoms. The highest BCUT2D eigenvalue weighted by molar-refractivity contribution is 5.95. The second-order valence-electron chi connectivity index (χ2n) is 5.75. The molecule has 3 aromatic rings. The molecular formula is C18H13N4+. The van der Waals surface area contributed by atoms with Crippen LogP contribution in [0.25, 0.3) is 21.4 Å². The van der Waals surface area contributed by atoms with Gasteiger partial charge in [-0.25, -0.2) is 4.85 Å². The highest BCUT2D eigenvalue weighted by atomic mass is 15.4. The van der Waals surface area contributed by atoms with Crippen molar-refractivity contribution in [3.63, 3.8) is 0 Å². The molecule has 1 aliphatic rings. The Bertz CT molecular complexity index is 1040. The van der Waals surface area contributed by atoms with E-state index in [-0.39, 0.29) is 0 Å². The zero-order valence-electron chi connectivity index (χ0n) is 12.4. The standard InChI is InChI=1S/C18H13N4/c1-11-6-12(2)17-14(7-11)9-21-10-15-13(8-19)4-5-16(20-3)18(15)22(17)21/h4-7,10H,9H2,1-2H3/q+1. The van der Waals surface area contributed by atoms with Gasteiger partial charge in [0.05, 0.1) is 23.6 Å². The minimum absolute atomic E-state index is 0.584. The Morgan fingerprint density at radius 2 is 2.14 bits per heavy atom. The molecule has 0 fully saturated rings. The molecule has 0 radical (unpaired) electrons. The summed E-state index contributed by atoms with van der Waals surface area (Å²) in [4.78, 5) is 3.65. The molecule has 2 heterocycles. The SMILES string of the molecule is [C-]#[N+]c1ccc(C#N)c2c[n+]3n(c12)-c1c(C)cc(C)cc1C3. The van der Waals surface area contributed by atoms with Crippen molar-refractivity contribution in [3.05, 3.63) is 64.1 Å². The second kappa shape index (κ2) is 4.19. The Morgan fingerprint density at radius 3 is 2.86 bits per heavy atom. The minimum atomic E-state index is 0.584. The van der Waals surface area contributed by atoms with Crippen LogP contribution in [-0.2, 0) is 6.54 Å². The number of fused-ring (bicyclic) bond motifs is 5. The fourth-order valence-corrected chi connectivity index (χ4v) is 3.48. The number of hydrogen-bond acceptors (Lipinski definition) is 1. The van der Waals surface area contributed by atoms with Gasteiger partial charge in [0.1, 0.15) is 11.2 Å². The minimum Gasteiger partial charge on any atom is -0.236 e. The average Bonchev–Trinajstić information content (AvgIpc) is 3.01. The molecule has 4 heteroatoms. The summed E-state index contributed by atoms with van der Waals surface area (Å²) in [6.07, 6.45) is 1.98. The Kier molecular flexibility index (Phi) is 2.40. The quantitative estimate of drug-likeness (QED) is 0.361. The Balaban J connectivity index is 2.18. The maximum atomic E-state index is 9.33. The van der Waals surface area contributed by atoms with Gasteiger partial charge in [-0.1, -0.05) is 23.8 Å². The van der Waals surface area contributed by atoms with Crippen LogP contribution in [0.2, 0.25) is 0 Å². The first kappa shape index (κ1) is 12.6. The maximum Gasteiger partial charge on any atom is 0.217 e. The van der Waals surface area contributed by atoms with Gasteiger partial charge in [0.2, 0.25) is 11.9 Å². The van der Waals surface area contributed by atoms with E-state index in [1.165, 1.54) is 16.7 Å². The Labute approximate surface area is 128 Å². The molecule has 0 amide bonds. The smallest absolute Gasteiger partial charge is 0.217 e. The van der Waals surface area contributed by atoms with Crippen molar-refractivity contribution in [1.29, 1.82) is 5.26 Å². The summed E-state index contributed by atoms with van der Waals surface area (Å²) < 4.78 is 4.19. The molecule has 0 saturated heterocycles. The van der Waals surface area contributed by atoms with Gasteiger partial charge >= 0.3 is 0 Å². The number of rotatable bonds is 0. The van der Waals surface area contributed by atoms with Crippen LogP contribution >= 0.6 is 0 Å². The van der Waals surface area contributed by atoms with Crippen LogP contribution in [0.15, 0.2) is 30.5 Å². The van der Waals surface area contributed by atoms with Crippen molar-refractivity contribution >= 4 is 16.6 Å². The van der Waals surface area contributed by atoms with Crippen molar-refractivity contribution in [3.8, 4) is 11.8 Å². The van der Waals surface area contributed by atoms with Crippen molar-refractivity contribution in [2.75, 3.05) is 0 Å². The van der Waals surface area contributed by atoms with E-state index in [2.05, 4.69) is 46.3 Å². The molecule has 0 unspecified atom stereocenters. The van der Waals surface area contributed by atoms with Gasteiger partial charge in [-0.2, -0.15) is 5.26 Å². The monoisotopic (exact) mass is 285 g/mol. The third-order valence-electron chi connectivity index (χ3n) is 4.25. The predicted octanol–water partition coefficient (Wildman–Crippen LogP) is 3.32. The van der Waals surface area contributed by atoms with Gasteiger partial charge in [0, 0.05) is 5.56 Å². The third kappa shape index (κ3) is 1.47. The first-order chi connectivity index (χ1) is 10.6. The van der Waals surface area contributed by atoms with Crippen molar-refractivity contribution in [1.82, 2.24) is 4.68 Å².